The van der Waals surface area contributed by atoms with E-state index in [1.165, 1.54) is 24.3 Å². The minimum absolute atomic E-state index is 0.00765. The van der Waals surface area contributed by atoms with E-state index in [1.54, 1.807) is 31.2 Å². The topological polar surface area (TPSA) is 130 Å². The molecular formula is C30H30FNO7S. The Morgan fingerprint density at radius 3 is 2.55 bits per heavy atom. The molecular weight excluding hydrogens is 537 g/mol. The molecule has 10 heteroatoms. The normalized spacial score (nSPS) is 41.2. The Labute approximate surface area is 234 Å². The molecule has 6 rings (SSSR count). The van der Waals surface area contributed by atoms with Crippen LogP contribution >= 0.6 is 11.8 Å². The van der Waals surface area contributed by atoms with E-state index in [9.17, 15) is 29.4 Å². The average Bonchev–Trinajstić information content (AvgIpc) is 3.35. The molecule has 1 aromatic carbocycles. The van der Waals surface area contributed by atoms with Crippen molar-refractivity contribution in [3.63, 3.8) is 0 Å². The quantitative estimate of drug-likeness (QED) is 0.284. The maximum absolute atomic E-state index is 17.2. The number of ketones is 1. The number of halogens is 1. The molecule has 0 spiro atoms. The number of esters is 1. The molecule has 7 atom stereocenters. The fourth-order valence-corrected chi connectivity index (χ4v) is 8.59. The molecule has 1 heterocycles. The van der Waals surface area contributed by atoms with Crippen LogP contribution in [0.1, 0.15) is 51.5 Å². The number of carbonyl (C=O) groups is 4. The molecule has 5 aliphatic rings. The highest BCUT2D eigenvalue weighted by Crippen LogP contribution is 2.69. The second-order valence-electron chi connectivity index (χ2n) is 12.2. The van der Waals surface area contributed by atoms with Crippen molar-refractivity contribution in [3.05, 3.63) is 58.5 Å². The van der Waals surface area contributed by atoms with Crippen LogP contribution in [-0.4, -0.2) is 50.5 Å². The van der Waals surface area contributed by atoms with E-state index in [4.69, 9.17) is 4.74 Å². The van der Waals surface area contributed by atoms with Gasteiger partial charge in [-0.3, -0.25) is 19.7 Å². The predicted octanol–water partition coefficient (Wildman–Crippen LogP) is 4.02. The molecule has 3 N–H and O–H groups in total. The number of rotatable bonds is 3. The Bertz CT molecular complexity index is 1440. The molecule has 8 nitrogen and oxygen atoms in total. The Kier molecular flexibility index (Phi) is 6.07. The molecule has 4 aliphatic carbocycles. The highest BCUT2D eigenvalue weighted by Gasteiger charge is 2.72. The third-order valence-electron chi connectivity index (χ3n) is 9.81. The summed E-state index contributed by atoms with van der Waals surface area (Å²) < 4.78 is 22.8. The molecule has 2 unspecified atom stereocenters. The molecule has 3 saturated carbocycles. The number of alkyl halides is 1. The Hall–Kier alpha value is -3.08. The molecule has 0 radical (unpaired) electrons. The van der Waals surface area contributed by atoms with Gasteiger partial charge in [0.15, 0.2) is 17.1 Å². The van der Waals surface area contributed by atoms with Gasteiger partial charge in [-0.25, -0.2) is 9.18 Å². The van der Waals surface area contributed by atoms with E-state index in [2.05, 4.69) is 5.32 Å². The number of nitrogens with one attached hydrogen (secondary N) is 1. The summed E-state index contributed by atoms with van der Waals surface area (Å²) in [5.74, 6) is -2.31. The number of amides is 2. The predicted molar refractivity (Wildman–Crippen MR) is 144 cm³/mol. The number of aliphatic hydroxyl groups excluding tert-OH is 1. The first-order valence-electron chi connectivity index (χ1n) is 13.4. The molecule has 1 aliphatic heterocycles. The number of hydrogen-bond acceptors (Lipinski definition) is 8. The van der Waals surface area contributed by atoms with Gasteiger partial charge in [0, 0.05) is 11.3 Å². The Morgan fingerprint density at radius 2 is 1.88 bits per heavy atom. The lowest BCUT2D eigenvalue weighted by atomic mass is 9.46. The number of hydrogen-bond donors (Lipinski definition) is 3. The number of fused-ring (bicyclic) bond motifs is 5. The average molecular weight is 568 g/mol. The maximum atomic E-state index is 17.2. The van der Waals surface area contributed by atoms with Gasteiger partial charge in [-0.05, 0) is 98.0 Å². The number of imide groups is 1. The fraction of sp³-hybridized carbons (Fsp3) is 0.467. The number of carbonyl (C=O) groups excluding carboxylic acids is 4. The van der Waals surface area contributed by atoms with Crippen LogP contribution in [0.15, 0.2) is 53.0 Å². The van der Waals surface area contributed by atoms with Crippen molar-refractivity contribution < 1.29 is 38.5 Å². The van der Waals surface area contributed by atoms with Crippen LogP contribution in [0, 0.1) is 22.7 Å². The zero-order valence-electron chi connectivity index (χ0n) is 22.1. The molecule has 1 aromatic rings. The fourth-order valence-electron chi connectivity index (χ4n) is 7.91. The standard InChI is InChI=1S/C30H30FNO7S/c1-27-14-23(34)30(31)20(8-5-17-12-18(33)9-10-28(17,30)2)21(27)13-29(38,15-27)25(36)39-19-6-3-16(4-7-19)11-22-24(35)32-26(37)40-22/h3-4,6-7,9-12,20-21,23,34,38H,5,8,13-15H2,1-2H3,(H,32,35,37)/b22-11-/t20?,21?,23-,27+,28-,29+,30-/m0/s1. The zero-order valence-corrected chi connectivity index (χ0v) is 22.9. The third kappa shape index (κ3) is 3.94. The van der Waals surface area contributed by atoms with Crippen LogP contribution in [0.2, 0.25) is 0 Å². The van der Waals surface area contributed by atoms with Gasteiger partial charge in [0.25, 0.3) is 11.1 Å². The van der Waals surface area contributed by atoms with Crippen molar-refractivity contribution >= 4 is 40.7 Å². The number of allylic oxidation sites excluding steroid dienone is 4. The molecule has 1 saturated heterocycles. The van der Waals surface area contributed by atoms with Gasteiger partial charge in [0.2, 0.25) is 0 Å². The molecule has 40 heavy (non-hydrogen) atoms. The van der Waals surface area contributed by atoms with E-state index in [0.717, 1.165) is 11.8 Å². The van der Waals surface area contributed by atoms with Crippen molar-refractivity contribution in [2.45, 2.75) is 63.3 Å². The highest BCUT2D eigenvalue weighted by atomic mass is 32.2. The third-order valence-corrected chi connectivity index (χ3v) is 10.6. The van der Waals surface area contributed by atoms with E-state index < -0.39 is 51.2 Å². The van der Waals surface area contributed by atoms with Gasteiger partial charge in [0.1, 0.15) is 5.75 Å². The lowest BCUT2D eigenvalue weighted by Crippen LogP contribution is -2.66. The SMILES string of the molecule is C[C@]12C[C@H](O)[C@@]3(F)C(CCC4=CC(=O)C=C[C@@]43C)C1C[C@](O)(C(=O)Oc1ccc(/C=C3\SC(=O)NC3=O)cc1)C2. The number of ether oxygens (including phenoxy) is 1. The molecule has 4 fully saturated rings. The molecule has 0 bridgehead atoms. The Morgan fingerprint density at radius 1 is 1.15 bits per heavy atom. The molecule has 210 valence electrons. The van der Waals surface area contributed by atoms with Gasteiger partial charge >= 0.3 is 5.97 Å². The van der Waals surface area contributed by atoms with E-state index >= 15 is 4.39 Å². The summed E-state index contributed by atoms with van der Waals surface area (Å²) in [5, 5.41) is 24.6. The van der Waals surface area contributed by atoms with Crippen molar-refractivity contribution in [2.75, 3.05) is 0 Å². The summed E-state index contributed by atoms with van der Waals surface area (Å²) in [7, 11) is 0. The van der Waals surface area contributed by atoms with Crippen molar-refractivity contribution in [1.82, 2.24) is 5.32 Å². The summed E-state index contributed by atoms with van der Waals surface area (Å²) in [6, 6.07) is 6.30. The van der Waals surface area contributed by atoms with Gasteiger partial charge in [-0.2, -0.15) is 0 Å². The zero-order chi connectivity index (χ0) is 28.7. The van der Waals surface area contributed by atoms with Crippen molar-refractivity contribution in [3.8, 4) is 5.75 Å². The van der Waals surface area contributed by atoms with Crippen LogP contribution in [0.25, 0.3) is 6.08 Å². The number of benzene rings is 1. The lowest BCUT2D eigenvalue weighted by molar-refractivity contribution is -0.188. The van der Waals surface area contributed by atoms with Crippen LogP contribution in [0.4, 0.5) is 9.18 Å². The maximum Gasteiger partial charge on any atom is 0.343 e. The summed E-state index contributed by atoms with van der Waals surface area (Å²) >= 11 is 0.799. The van der Waals surface area contributed by atoms with Gasteiger partial charge < -0.3 is 14.9 Å². The summed E-state index contributed by atoms with van der Waals surface area (Å²) in [6.45, 7) is 3.62. The summed E-state index contributed by atoms with van der Waals surface area (Å²) in [6.07, 6.45) is 5.64. The van der Waals surface area contributed by atoms with Gasteiger partial charge in [-0.1, -0.05) is 30.7 Å². The molecule has 2 amide bonds. The second-order valence-corrected chi connectivity index (χ2v) is 13.2. The van der Waals surface area contributed by atoms with E-state index in [0.29, 0.717) is 24.0 Å². The van der Waals surface area contributed by atoms with Crippen LogP contribution in [-0.2, 0) is 14.4 Å². The van der Waals surface area contributed by atoms with Gasteiger partial charge in [0.05, 0.1) is 11.0 Å². The van der Waals surface area contributed by atoms with Crippen molar-refractivity contribution in [1.29, 1.82) is 0 Å². The monoisotopic (exact) mass is 567 g/mol. The first-order chi connectivity index (χ1) is 18.8. The first-order valence-corrected chi connectivity index (χ1v) is 14.2. The number of thioether (sulfide) groups is 1. The first kappa shape index (κ1) is 27.1. The summed E-state index contributed by atoms with van der Waals surface area (Å²) in [5.41, 5.74) is -4.45. The van der Waals surface area contributed by atoms with Crippen LogP contribution < -0.4 is 10.1 Å². The number of aliphatic hydroxyl groups is 2. The largest absolute Gasteiger partial charge is 0.424 e. The summed E-state index contributed by atoms with van der Waals surface area (Å²) in [4.78, 5) is 48.7. The van der Waals surface area contributed by atoms with E-state index in [1.807, 2.05) is 6.92 Å². The van der Waals surface area contributed by atoms with Gasteiger partial charge in [-0.15, -0.1) is 0 Å². The van der Waals surface area contributed by atoms with Crippen LogP contribution in [0.5, 0.6) is 5.75 Å². The Balaban J connectivity index is 1.22. The highest BCUT2D eigenvalue weighted by molar-refractivity contribution is 8.18. The minimum Gasteiger partial charge on any atom is -0.424 e. The smallest absolute Gasteiger partial charge is 0.343 e. The molecule has 0 aromatic heterocycles. The lowest BCUT2D eigenvalue weighted by Gasteiger charge is -2.61. The minimum atomic E-state index is -2.04. The van der Waals surface area contributed by atoms with E-state index in [-0.39, 0.29) is 41.6 Å². The second kappa shape index (κ2) is 8.96. The van der Waals surface area contributed by atoms with Crippen LogP contribution in [0.3, 0.4) is 0 Å². The van der Waals surface area contributed by atoms with Crippen molar-refractivity contribution in [2.24, 2.45) is 22.7 Å².